The quantitative estimate of drug-likeness (QED) is 0.453. The molecule has 4 aliphatic rings. The Morgan fingerprint density at radius 1 is 0.971 bits per heavy atom. The van der Waals surface area contributed by atoms with E-state index in [0.29, 0.717) is 34.9 Å². The lowest BCUT2D eigenvalue weighted by atomic mass is 9.43. The summed E-state index contributed by atoms with van der Waals surface area (Å²) in [5.74, 6) is 2.19. The number of rotatable bonds is 8. The van der Waals surface area contributed by atoms with Gasteiger partial charge in [-0.05, 0) is 102 Å². The standard InChI is InChI=1S/C28H35N5O2/c1-4-34-24-12-20(16-29-28-15-21-13-26(2,18-28)17-27(3,14-21)19-28)10-11-23(24)35-25-30-31-32-33(25)22-8-6-5-7-9-22/h5-12,21,29H,4,13-19H2,1-3H3/t21?,26-,27+,28?. The molecule has 0 radical (unpaired) electrons. The second-order valence-corrected chi connectivity index (χ2v) is 11.8. The largest absolute Gasteiger partial charge is 0.490 e. The van der Waals surface area contributed by atoms with Gasteiger partial charge in [0.25, 0.3) is 0 Å². The Morgan fingerprint density at radius 3 is 2.46 bits per heavy atom. The van der Waals surface area contributed by atoms with Crippen LogP contribution in [0.1, 0.15) is 64.9 Å². The molecule has 2 unspecified atom stereocenters. The number of benzene rings is 2. The first-order valence-corrected chi connectivity index (χ1v) is 12.9. The van der Waals surface area contributed by atoms with Crippen molar-refractivity contribution >= 4 is 0 Å². The number of aromatic nitrogens is 4. The highest BCUT2D eigenvalue weighted by Gasteiger charge is 2.59. The molecular weight excluding hydrogens is 438 g/mol. The lowest BCUT2D eigenvalue weighted by molar-refractivity contribution is -0.118. The van der Waals surface area contributed by atoms with Crippen LogP contribution in [0, 0.1) is 16.7 Å². The summed E-state index contributed by atoms with van der Waals surface area (Å²) in [7, 11) is 0. The molecule has 7 heteroatoms. The lowest BCUT2D eigenvalue weighted by Crippen LogP contribution is -2.63. The van der Waals surface area contributed by atoms with Crippen LogP contribution in [0.2, 0.25) is 0 Å². The van der Waals surface area contributed by atoms with Gasteiger partial charge < -0.3 is 14.8 Å². The SMILES string of the molecule is CCOc1cc(CNC23CC4C[C@@](C)(C2)C[C@](C)(C4)C3)ccc1Oc1nnnn1-c1ccccc1. The Morgan fingerprint density at radius 2 is 1.74 bits per heavy atom. The highest BCUT2D eigenvalue weighted by molar-refractivity contribution is 5.45. The van der Waals surface area contributed by atoms with E-state index in [9.17, 15) is 0 Å². The van der Waals surface area contributed by atoms with Crippen molar-refractivity contribution in [1.82, 2.24) is 25.5 Å². The van der Waals surface area contributed by atoms with E-state index in [1.807, 2.05) is 43.3 Å². The van der Waals surface area contributed by atoms with Crippen LogP contribution < -0.4 is 14.8 Å². The van der Waals surface area contributed by atoms with E-state index in [-0.39, 0.29) is 5.54 Å². The number of ether oxygens (including phenoxy) is 2. The Labute approximate surface area is 207 Å². The van der Waals surface area contributed by atoms with Gasteiger partial charge in [0.05, 0.1) is 12.3 Å². The van der Waals surface area contributed by atoms with E-state index in [0.717, 1.165) is 18.2 Å². The number of nitrogens with zero attached hydrogens (tertiary/aromatic N) is 4. The molecule has 0 saturated heterocycles. The molecule has 0 amide bonds. The fraction of sp³-hybridized carbons (Fsp3) is 0.536. The fourth-order valence-electron chi connectivity index (χ4n) is 8.02. The number of hydrogen-bond donors (Lipinski definition) is 1. The van der Waals surface area contributed by atoms with Crippen LogP contribution in [0.25, 0.3) is 5.69 Å². The summed E-state index contributed by atoms with van der Waals surface area (Å²) in [6.45, 7) is 8.42. The van der Waals surface area contributed by atoms with E-state index < -0.39 is 0 Å². The lowest BCUT2D eigenvalue weighted by Gasteiger charge is -2.65. The molecule has 1 aromatic heterocycles. The maximum absolute atomic E-state index is 6.13. The van der Waals surface area contributed by atoms with Crippen molar-refractivity contribution in [3.8, 4) is 23.2 Å². The molecule has 1 N–H and O–H groups in total. The van der Waals surface area contributed by atoms with Gasteiger partial charge in [0.15, 0.2) is 11.5 Å². The average Bonchev–Trinajstić information content (AvgIpc) is 3.26. The molecule has 0 spiro atoms. The van der Waals surface area contributed by atoms with Crippen LogP contribution in [0.3, 0.4) is 0 Å². The number of tetrazole rings is 1. The zero-order chi connectivity index (χ0) is 24.1. The molecule has 35 heavy (non-hydrogen) atoms. The Kier molecular flexibility index (Phi) is 5.36. The van der Waals surface area contributed by atoms with Crippen LogP contribution in [0.15, 0.2) is 48.5 Å². The van der Waals surface area contributed by atoms with Gasteiger partial charge in [0.2, 0.25) is 0 Å². The minimum Gasteiger partial charge on any atom is -0.490 e. The molecule has 2 aromatic carbocycles. The first-order valence-electron chi connectivity index (χ1n) is 12.9. The summed E-state index contributed by atoms with van der Waals surface area (Å²) in [5.41, 5.74) is 3.30. The molecule has 4 aliphatic carbocycles. The topological polar surface area (TPSA) is 74.1 Å². The van der Waals surface area contributed by atoms with E-state index in [4.69, 9.17) is 9.47 Å². The van der Waals surface area contributed by atoms with Gasteiger partial charge in [-0.1, -0.05) is 43.2 Å². The first-order chi connectivity index (χ1) is 16.9. The van der Waals surface area contributed by atoms with Gasteiger partial charge in [-0.25, -0.2) is 0 Å². The maximum atomic E-state index is 6.13. The van der Waals surface area contributed by atoms with Crippen LogP contribution in [0.5, 0.6) is 17.5 Å². The third-order valence-electron chi connectivity index (χ3n) is 8.24. The number of para-hydroxylation sites is 1. The van der Waals surface area contributed by atoms with Crippen molar-refractivity contribution in [3.05, 3.63) is 54.1 Å². The summed E-state index contributed by atoms with van der Waals surface area (Å²) < 4.78 is 13.7. The summed E-state index contributed by atoms with van der Waals surface area (Å²) in [6, 6.07) is 16.2. The second kappa shape index (κ2) is 8.33. The number of hydrogen-bond acceptors (Lipinski definition) is 6. The smallest absolute Gasteiger partial charge is 0.346 e. The highest BCUT2D eigenvalue weighted by Crippen LogP contribution is 2.66. The van der Waals surface area contributed by atoms with Gasteiger partial charge in [0, 0.05) is 12.1 Å². The van der Waals surface area contributed by atoms with Crippen molar-refractivity contribution in [1.29, 1.82) is 0 Å². The van der Waals surface area contributed by atoms with Gasteiger partial charge in [0.1, 0.15) is 0 Å². The predicted octanol–water partition coefficient (Wildman–Crippen LogP) is 5.69. The van der Waals surface area contributed by atoms with E-state index in [2.05, 4.69) is 46.8 Å². The summed E-state index contributed by atoms with van der Waals surface area (Å²) >= 11 is 0. The van der Waals surface area contributed by atoms with Crippen LogP contribution in [0.4, 0.5) is 0 Å². The van der Waals surface area contributed by atoms with Crippen LogP contribution in [-0.2, 0) is 6.54 Å². The normalized spacial score (nSPS) is 31.0. The third-order valence-corrected chi connectivity index (χ3v) is 8.24. The molecule has 1 heterocycles. The van der Waals surface area contributed by atoms with Gasteiger partial charge >= 0.3 is 6.01 Å². The number of nitrogens with one attached hydrogen (secondary N) is 1. The summed E-state index contributed by atoms with van der Waals surface area (Å²) in [6.07, 6.45) is 8.13. The molecule has 4 atom stereocenters. The first kappa shape index (κ1) is 22.5. The van der Waals surface area contributed by atoms with Crippen molar-refractivity contribution in [2.45, 2.75) is 71.4 Å². The summed E-state index contributed by atoms with van der Waals surface area (Å²) in [5, 5.41) is 16.0. The zero-order valence-electron chi connectivity index (χ0n) is 21.0. The van der Waals surface area contributed by atoms with Gasteiger partial charge in [-0.3, -0.25) is 0 Å². The van der Waals surface area contributed by atoms with E-state index in [1.165, 1.54) is 44.1 Å². The van der Waals surface area contributed by atoms with Crippen molar-refractivity contribution in [2.24, 2.45) is 16.7 Å². The maximum Gasteiger partial charge on any atom is 0.346 e. The van der Waals surface area contributed by atoms with E-state index in [1.54, 1.807) is 4.68 Å². The Balaban J connectivity index is 1.20. The Hall–Kier alpha value is -2.93. The molecule has 4 saturated carbocycles. The zero-order valence-corrected chi connectivity index (χ0v) is 21.0. The summed E-state index contributed by atoms with van der Waals surface area (Å²) in [4.78, 5) is 0. The molecular formula is C28H35N5O2. The van der Waals surface area contributed by atoms with Crippen molar-refractivity contribution in [3.63, 3.8) is 0 Å². The molecule has 4 fully saturated rings. The minimum atomic E-state index is 0.266. The molecule has 7 rings (SSSR count). The fourth-order valence-corrected chi connectivity index (χ4v) is 8.02. The second-order valence-electron chi connectivity index (χ2n) is 11.8. The molecule has 7 nitrogen and oxygen atoms in total. The van der Waals surface area contributed by atoms with Crippen LogP contribution in [-0.4, -0.2) is 32.4 Å². The van der Waals surface area contributed by atoms with E-state index >= 15 is 0 Å². The third kappa shape index (κ3) is 4.31. The van der Waals surface area contributed by atoms with Gasteiger partial charge in [-0.2, -0.15) is 4.68 Å². The predicted molar refractivity (Wildman–Crippen MR) is 134 cm³/mol. The molecule has 3 aromatic rings. The average molecular weight is 474 g/mol. The minimum absolute atomic E-state index is 0.266. The molecule has 0 aliphatic heterocycles. The van der Waals surface area contributed by atoms with Gasteiger partial charge in [-0.15, -0.1) is 0 Å². The molecule has 4 bridgehead atoms. The highest BCUT2D eigenvalue weighted by atomic mass is 16.5. The Bertz CT molecular complexity index is 1190. The van der Waals surface area contributed by atoms with Crippen molar-refractivity contribution in [2.75, 3.05) is 6.61 Å². The monoisotopic (exact) mass is 473 g/mol. The molecule has 184 valence electrons. The van der Waals surface area contributed by atoms with Crippen molar-refractivity contribution < 1.29 is 9.47 Å². The van der Waals surface area contributed by atoms with Crippen LogP contribution >= 0.6 is 0 Å².